The van der Waals surface area contributed by atoms with Gasteiger partial charge in [0.1, 0.15) is 17.2 Å². The fourth-order valence-electron chi connectivity index (χ4n) is 3.03. The molecule has 8 nitrogen and oxygen atoms in total. The molecule has 2 aromatic carbocycles. The molecule has 3 N–H and O–H groups in total. The number of hydrogen-bond donors (Lipinski definition) is 3. The molecule has 0 radical (unpaired) electrons. The van der Waals surface area contributed by atoms with E-state index in [0.29, 0.717) is 45.4 Å². The molecular weight excluding hydrogens is 384 g/mol. The van der Waals surface area contributed by atoms with Gasteiger partial charge in [-0.3, -0.25) is 9.78 Å². The number of ether oxygens (including phenoxy) is 2. The molecule has 3 aromatic rings. The lowest BCUT2D eigenvalue weighted by Gasteiger charge is -2.13. The third-order valence-electron chi connectivity index (χ3n) is 4.75. The first-order valence-electron chi connectivity index (χ1n) is 9.61. The third kappa shape index (κ3) is 4.27. The smallest absolute Gasteiger partial charge is 0.319 e. The lowest BCUT2D eigenvalue weighted by atomic mass is 10.1. The van der Waals surface area contributed by atoms with Crippen molar-refractivity contribution in [1.82, 2.24) is 15.6 Å². The lowest BCUT2D eigenvalue weighted by Crippen LogP contribution is -2.30. The van der Waals surface area contributed by atoms with Crippen LogP contribution in [0.3, 0.4) is 0 Å². The van der Waals surface area contributed by atoms with Gasteiger partial charge in [-0.05, 0) is 49.2 Å². The zero-order chi connectivity index (χ0) is 21.1. The van der Waals surface area contributed by atoms with Crippen molar-refractivity contribution >= 4 is 28.5 Å². The molecule has 1 saturated carbocycles. The van der Waals surface area contributed by atoms with Crippen molar-refractivity contribution in [2.75, 3.05) is 19.5 Å². The number of rotatable bonds is 6. The maximum absolute atomic E-state index is 12.2. The van der Waals surface area contributed by atoms with Crippen molar-refractivity contribution in [3.8, 4) is 17.2 Å². The maximum Gasteiger partial charge on any atom is 0.319 e. The van der Waals surface area contributed by atoms with Gasteiger partial charge in [0.15, 0.2) is 0 Å². The van der Waals surface area contributed by atoms with E-state index in [1.54, 1.807) is 55.7 Å². The number of nitrogens with zero attached hydrogens (tertiary/aromatic N) is 1. The van der Waals surface area contributed by atoms with Crippen molar-refractivity contribution in [2.24, 2.45) is 0 Å². The third-order valence-corrected chi connectivity index (χ3v) is 4.75. The van der Waals surface area contributed by atoms with E-state index >= 15 is 0 Å². The normalized spacial score (nSPS) is 12.9. The summed E-state index contributed by atoms with van der Waals surface area (Å²) in [6.07, 6.45) is 3.70. The van der Waals surface area contributed by atoms with Crippen LogP contribution < -0.4 is 25.4 Å². The Balaban J connectivity index is 1.57. The molecule has 1 aliphatic rings. The molecule has 4 rings (SSSR count). The molecule has 30 heavy (non-hydrogen) atoms. The average molecular weight is 406 g/mol. The molecule has 0 saturated heterocycles. The van der Waals surface area contributed by atoms with E-state index in [1.165, 1.54) is 7.11 Å². The SMILES string of the molecule is CNC(=O)c1cc2c(Oc3ccc(NC(=O)NC4CC4)cc3)ccnc2cc1OC. The molecule has 8 heteroatoms. The van der Waals surface area contributed by atoms with Crippen LogP contribution in [0, 0.1) is 0 Å². The van der Waals surface area contributed by atoms with Gasteiger partial charge in [0.05, 0.1) is 18.2 Å². The number of carbonyl (C=O) groups excluding carboxylic acids is 2. The Morgan fingerprint density at radius 2 is 1.83 bits per heavy atom. The quantitative estimate of drug-likeness (QED) is 0.580. The van der Waals surface area contributed by atoms with Crippen LogP contribution >= 0.6 is 0 Å². The van der Waals surface area contributed by atoms with Crippen molar-refractivity contribution in [1.29, 1.82) is 0 Å². The van der Waals surface area contributed by atoms with Gasteiger partial charge in [-0.15, -0.1) is 0 Å². The van der Waals surface area contributed by atoms with E-state index in [9.17, 15) is 9.59 Å². The van der Waals surface area contributed by atoms with Crippen LogP contribution in [-0.4, -0.2) is 37.1 Å². The number of pyridine rings is 1. The molecule has 1 aromatic heterocycles. The molecule has 0 unspecified atom stereocenters. The molecule has 1 heterocycles. The zero-order valence-electron chi connectivity index (χ0n) is 16.7. The van der Waals surface area contributed by atoms with Gasteiger partial charge in [0, 0.05) is 36.4 Å². The minimum Gasteiger partial charge on any atom is -0.496 e. The van der Waals surface area contributed by atoms with Crippen LogP contribution in [0.25, 0.3) is 10.9 Å². The first kappa shape index (κ1) is 19.5. The zero-order valence-corrected chi connectivity index (χ0v) is 16.7. The fourth-order valence-corrected chi connectivity index (χ4v) is 3.03. The number of benzene rings is 2. The molecule has 154 valence electrons. The van der Waals surface area contributed by atoms with Crippen LogP contribution in [0.1, 0.15) is 23.2 Å². The summed E-state index contributed by atoms with van der Waals surface area (Å²) in [6, 6.07) is 12.3. The second kappa shape index (κ2) is 8.28. The highest BCUT2D eigenvalue weighted by atomic mass is 16.5. The van der Waals surface area contributed by atoms with E-state index in [4.69, 9.17) is 9.47 Å². The van der Waals surface area contributed by atoms with Crippen molar-refractivity contribution in [3.63, 3.8) is 0 Å². The Kier molecular flexibility index (Phi) is 5.38. The van der Waals surface area contributed by atoms with Crippen molar-refractivity contribution < 1.29 is 19.1 Å². The molecule has 0 atom stereocenters. The lowest BCUT2D eigenvalue weighted by molar-refractivity contribution is 0.0960. The molecular formula is C22H22N4O4. The highest BCUT2D eigenvalue weighted by Crippen LogP contribution is 2.33. The maximum atomic E-state index is 12.2. The second-order valence-corrected chi connectivity index (χ2v) is 6.96. The first-order chi connectivity index (χ1) is 14.6. The Hall–Kier alpha value is -3.81. The monoisotopic (exact) mass is 406 g/mol. The van der Waals surface area contributed by atoms with Crippen LogP contribution in [-0.2, 0) is 0 Å². The number of methoxy groups -OCH3 is 1. The summed E-state index contributed by atoms with van der Waals surface area (Å²) in [5, 5.41) is 8.96. The van der Waals surface area contributed by atoms with Gasteiger partial charge in [-0.2, -0.15) is 0 Å². The summed E-state index contributed by atoms with van der Waals surface area (Å²) in [6.45, 7) is 0. The summed E-state index contributed by atoms with van der Waals surface area (Å²) in [5.41, 5.74) is 1.71. The largest absolute Gasteiger partial charge is 0.496 e. The minimum atomic E-state index is -0.261. The number of fused-ring (bicyclic) bond motifs is 1. The Morgan fingerprint density at radius 3 is 2.50 bits per heavy atom. The average Bonchev–Trinajstić information content (AvgIpc) is 3.57. The summed E-state index contributed by atoms with van der Waals surface area (Å²) in [7, 11) is 3.07. The highest BCUT2D eigenvalue weighted by Gasteiger charge is 2.23. The highest BCUT2D eigenvalue weighted by molar-refractivity contribution is 6.02. The van der Waals surface area contributed by atoms with Gasteiger partial charge < -0.3 is 25.4 Å². The fraction of sp³-hybridized carbons (Fsp3) is 0.227. The van der Waals surface area contributed by atoms with E-state index in [1.807, 2.05) is 0 Å². The van der Waals surface area contributed by atoms with Gasteiger partial charge in [0.25, 0.3) is 5.91 Å². The Bertz CT molecular complexity index is 1090. The molecule has 1 aliphatic carbocycles. The number of carbonyl (C=O) groups is 2. The minimum absolute atomic E-state index is 0.207. The van der Waals surface area contributed by atoms with Crippen LogP contribution in [0.2, 0.25) is 0 Å². The standard InChI is InChI=1S/C22H22N4O4/c1-23-21(27)17-11-16-18(12-20(17)29-2)24-10-9-19(16)30-15-7-5-14(6-8-15)26-22(28)25-13-3-4-13/h5-13H,3-4H2,1-2H3,(H,23,27)(H2,25,26,28). The van der Waals surface area contributed by atoms with Crippen LogP contribution in [0.5, 0.6) is 17.2 Å². The number of urea groups is 1. The van der Waals surface area contributed by atoms with Gasteiger partial charge in [0.2, 0.25) is 0 Å². The number of anilines is 1. The number of hydrogen-bond acceptors (Lipinski definition) is 5. The van der Waals surface area contributed by atoms with Crippen LogP contribution in [0.15, 0.2) is 48.7 Å². The Labute approximate surface area is 173 Å². The molecule has 0 aliphatic heterocycles. The topological polar surface area (TPSA) is 102 Å². The predicted octanol–water partition coefficient (Wildman–Crippen LogP) is 3.68. The summed E-state index contributed by atoms with van der Waals surface area (Å²) < 4.78 is 11.4. The second-order valence-electron chi connectivity index (χ2n) is 6.96. The van der Waals surface area contributed by atoms with E-state index < -0.39 is 0 Å². The van der Waals surface area contributed by atoms with Crippen molar-refractivity contribution in [3.05, 3.63) is 54.2 Å². The van der Waals surface area contributed by atoms with Gasteiger partial charge >= 0.3 is 6.03 Å². The summed E-state index contributed by atoms with van der Waals surface area (Å²) in [4.78, 5) is 28.4. The summed E-state index contributed by atoms with van der Waals surface area (Å²) >= 11 is 0. The van der Waals surface area contributed by atoms with Gasteiger partial charge in [-0.25, -0.2) is 4.79 Å². The number of nitrogens with one attached hydrogen (secondary N) is 3. The molecule has 0 spiro atoms. The van der Waals surface area contributed by atoms with Gasteiger partial charge in [-0.1, -0.05) is 0 Å². The van der Waals surface area contributed by atoms with E-state index in [-0.39, 0.29) is 11.9 Å². The molecule has 3 amide bonds. The summed E-state index contributed by atoms with van der Waals surface area (Å²) in [5.74, 6) is 1.32. The Morgan fingerprint density at radius 1 is 1.07 bits per heavy atom. The number of aromatic nitrogens is 1. The van der Waals surface area contributed by atoms with E-state index in [0.717, 1.165) is 12.8 Å². The van der Waals surface area contributed by atoms with Crippen molar-refractivity contribution in [2.45, 2.75) is 18.9 Å². The van der Waals surface area contributed by atoms with E-state index in [2.05, 4.69) is 20.9 Å². The molecule has 1 fully saturated rings. The number of amides is 3. The molecule has 0 bridgehead atoms. The predicted molar refractivity (Wildman–Crippen MR) is 113 cm³/mol. The first-order valence-corrected chi connectivity index (χ1v) is 9.61. The van der Waals surface area contributed by atoms with Crippen LogP contribution in [0.4, 0.5) is 10.5 Å².